The standard InChI is InChI=1S/C11H11BrN2O2/c1-13-10(15)8-4-2-3-5-9(8)11(16)14(13)7-6-12/h2-5H,6-7H2,1H3. The zero-order chi connectivity index (χ0) is 11.7. The normalized spacial score (nSPS) is 10.9. The minimum absolute atomic E-state index is 0.128. The van der Waals surface area contributed by atoms with E-state index < -0.39 is 0 Å². The maximum Gasteiger partial charge on any atom is 0.273 e. The van der Waals surface area contributed by atoms with Crippen molar-refractivity contribution in [3.05, 3.63) is 45.0 Å². The Morgan fingerprint density at radius 2 is 1.69 bits per heavy atom. The summed E-state index contributed by atoms with van der Waals surface area (Å²) in [6.07, 6.45) is 0. The number of hydrogen-bond donors (Lipinski definition) is 0. The van der Waals surface area contributed by atoms with E-state index in [9.17, 15) is 9.59 Å². The molecule has 16 heavy (non-hydrogen) atoms. The average Bonchev–Trinajstić information content (AvgIpc) is 2.32. The Labute approximate surface area is 100 Å². The average molecular weight is 283 g/mol. The molecule has 0 amide bonds. The summed E-state index contributed by atoms with van der Waals surface area (Å²) in [4.78, 5) is 24.0. The van der Waals surface area contributed by atoms with Gasteiger partial charge in [0.2, 0.25) is 0 Å². The topological polar surface area (TPSA) is 44.0 Å². The summed E-state index contributed by atoms with van der Waals surface area (Å²) < 4.78 is 2.81. The third-order valence-electron chi connectivity index (χ3n) is 2.57. The van der Waals surface area contributed by atoms with Crippen molar-refractivity contribution in [2.45, 2.75) is 6.54 Å². The lowest BCUT2D eigenvalue weighted by Gasteiger charge is -2.11. The second-order valence-corrected chi connectivity index (χ2v) is 4.28. The van der Waals surface area contributed by atoms with Gasteiger partial charge in [-0.2, -0.15) is 0 Å². The molecule has 0 saturated carbocycles. The van der Waals surface area contributed by atoms with Crippen LogP contribution in [0.3, 0.4) is 0 Å². The molecule has 0 saturated heterocycles. The van der Waals surface area contributed by atoms with Gasteiger partial charge in [-0.15, -0.1) is 0 Å². The van der Waals surface area contributed by atoms with Gasteiger partial charge < -0.3 is 0 Å². The van der Waals surface area contributed by atoms with Gasteiger partial charge in [0, 0.05) is 12.4 Å². The predicted octanol–water partition coefficient (Wildman–Crippen LogP) is 1.10. The minimum Gasteiger partial charge on any atom is -0.267 e. The van der Waals surface area contributed by atoms with Crippen LogP contribution in [0.2, 0.25) is 0 Å². The van der Waals surface area contributed by atoms with E-state index in [0.29, 0.717) is 22.6 Å². The summed E-state index contributed by atoms with van der Waals surface area (Å²) in [6.45, 7) is 0.482. The molecular weight excluding hydrogens is 272 g/mol. The van der Waals surface area contributed by atoms with E-state index in [0.717, 1.165) is 0 Å². The van der Waals surface area contributed by atoms with Crippen molar-refractivity contribution in [2.24, 2.45) is 7.05 Å². The number of aromatic nitrogens is 2. The highest BCUT2D eigenvalue weighted by Crippen LogP contribution is 2.03. The first-order valence-corrected chi connectivity index (χ1v) is 6.03. The summed E-state index contributed by atoms with van der Waals surface area (Å²) in [5.41, 5.74) is -0.270. The lowest BCUT2D eigenvalue weighted by molar-refractivity contribution is 0.495. The van der Waals surface area contributed by atoms with Crippen LogP contribution in [-0.2, 0) is 13.6 Å². The second kappa shape index (κ2) is 4.25. The van der Waals surface area contributed by atoms with E-state index in [2.05, 4.69) is 15.9 Å². The van der Waals surface area contributed by atoms with Crippen molar-refractivity contribution in [1.29, 1.82) is 0 Å². The number of rotatable bonds is 2. The molecule has 1 heterocycles. The number of alkyl halides is 1. The van der Waals surface area contributed by atoms with Gasteiger partial charge in [-0.25, -0.2) is 4.68 Å². The molecule has 84 valence electrons. The molecule has 2 aromatic rings. The number of fused-ring (bicyclic) bond motifs is 1. The first-order chi connectivity index (χ1) is 7.66. The fourth-order valence-electron chi connectivity index (χ4n) is 1.75. The van der Waals surface area contributed by atoms with Gasteiger partial charge in [0.15, 0.2) is 0 Å². The van der Waals surface area contributed by atoms with Crippen LogP contribution in [0, 0.1) is 0 Å². The molecule has 2 rings (SSSR count). The predicted molar refractivity (Wildman–Crippen MR) is 67.2 cm³/mol. The van der Waals surface area contributed by atoms with E-state index >= 15 is 0 Å². The molecule has 1 aromatic heterocycles. The summed E-state index contributed by atoms with van der Waals surface area (Å²) in [5.74, 6) is 0. The lowest BCUT2D eigenvalue weighted by atomic mass is 10.2. The molecule has 4 nitrogen and oxygen atoms in total. The maximum atomic E-state index is 12.1. The van der Waals surface area contributed by atoms with Crippen LogP contribution in [0.25, 0.3) is 10.8 Å². The second-order valence-electron chi connectivity index (χ2n) is 3.49. The van der Waals surface area contributed by atoms with Gasteiger partial charge in [-0.1, -0.05) is 28.1 Å². The molecule has 0 unspecified atom stereocenters. The van der Waals surface area contributed by atoms with Gasteiger partial charge in [0.1, 0.15) is 0 Å². The Morgan fingerprint density at radius 3 is 2.25 bits per heavy atom. The smallest absolute Gasteiger partial charge is 0.267 e. The molecule has 0 spiro atoms. The van der Waals surface area contributed by atoms with Crippen LogP contribution in [0.5, 0.6) is 0 Å². The van der Waals surface area contributed by atoms with E-state index in [-0.39, 0.29) is 11.1 Å². The Bertz CT molecular complexity index is 642. The van der Waals surface area contributed by atoms with Crippen molar-refractivity contribution in [1.82, 2.24) is 9.36 Å². The monoisotopic (exact) mass is 282 g/mol. The van der Waals surface area contributed by atoms with Crippen LogP contribution in [-0.4, -0.2) is 14.7 Å². The third kappa shape index (κ3) is 1.61. The van der Waals surface area contributed by atoms with E-state index in [1.54, 1.807) is 31.3 Å². The van der Waals surface area contributed by atoms with Crippen LogP contribution < -0.4 is 11.1 Å². The fraction of sp³-hybridized carbons (Fsp3) is 0.273. The summed E-state index contributed by atoms with van der Waals surface area (Å²) >= 11 is 3.27. The van der Waals surface area contributed by atoms with Gasteiger partial charge in [0.25, 0.3) is 11.1 Å². The summed E-state index contributed by atoms with van der Waals surface area (Å²) in [7, 11) is 1.61. The minimum atomic E-state index is -0.142. The highest BCUT2D eigenvalue weighted by atomic mass is 79.9. The Balaban J connectivity index is 2.95. The van der Waals surface area contributed by atoms with Gasteiger partial charge >= 0.3 is 0 Å². The van der Waals surface area contributed by atoms with E-state index in [1.165, 1.54) is 9.36 Å². The Kier molecular flexibility index (Phi) is 2.96. The van der Waals surface area contributed by atoms with Crippen molar-refractivity contribution < 1.29 is 0 Å². The molecule has 1 aromatic carbocycles. The quantitative estimate of drug-likeness (QED) is 0.775. The molecule has 0 aliphatic heterocycles. The highest BCUT2D eigenvalue weighted by molar-refractivity contribution is 9.09. The zero-order valence-electron chi connectivity index (χ0n) is 8.81. The third-order valence-corrected chi connectivity index (χ3v) is 2.93. The summed E-state index contributed by atoms with van der Waals surface area (Å²) in [5, 5.41) is 1.59. The maximum absolute atomic E-state index is 12.1. The van der Waals surface area contributed by atoms with Crippen molar-refractivity contribution in [3.8, 4) is 0 Å². The highest BCUT2D eigenvalue weighted by Gasteiger charge is 2.08. The molecule has 0 atom stereocenters. The zero-order valence-corrected chi connectivity index (χ0v) is 10.4. The summed E-state index contributed by atoms with van der Waals surface area (Å²) in [6, 6.07) is 6.89. The number of halogens is 1. The first-order valence-electron chi connectivity index (χ1n) is 4.91. The first kappa shape index (κ1) is 11.1. The number of nitrogens with zero attached hydrogens (tertiary/aromatic N) is 2. The van der Waals surface area contributed by atoms with Gasteiger partial charge in [-0.05, 0) is 12.1 Å². The largest absolute Gasteiger partial charge is 0.273 e. The van der Waals surface area contributed by atoms with Gasteiger partial charge in [0.05, 0.1) is 17.3 Å². The molecule has 0 N–H and O–H groups in total. The van der Waals surface area contributed by atoms with Crippen molar-refractivity contribution in [2.75, 3.05) is 5.33 Å². The van der Waals surface area contributed by atoms with Crippen LogP contribution in [0.1, 0.15) is 0 Å². The van der Waals surface area contributed by atoms with Crippen LogP contribution in [0.15, 0.2) is 33.9 Å². The fourth-order valence-corrected chi connectivity index (χ4v) is 2.08. The molecule has 0 aliphatic rings. The van der Waals surface area contributed by atoms with Crippen LogP contribution >= 0.6 is 15.9 Å². The molecule has 0 fully saturated rings. The van der Waals surface area contributed by atoms with Crippen molar-refractivity contribution >= 4 is 26.7 Å². The Hall–Kier alpha value is -1.36. The number of hydrogen-bond acceptors (Lipinski definition) is 2. The lowest BCUT2D eigenvalue weighted by Crippen LogP contribution is -2.37. The number of benzene rings is 1. The molecular formula is C11H11BrN2O2. The van der Waals surface area contributed by atoms with E-state index in [1.807, 2.05) is 0 Å². The van der Waals surface area contributed by atoms with E-state index in [4.69, 9.17) is 0 Å². The SMILES string of the molecule is Cn1c(=O)c2ccccc2c(=O)n1CCBr. The van der Waals surface area contributed by atoms with Crippen molar-refractivity contribution in [3.63, 3.8) is 0 Å². The molecule has 0 bridgehead atoms. The molecule has 0 radical (unpaired) electrons. The molecule has 5 heteroatoms. The van der Waals surface area contributed by atoms with Gasteiger partial charge in [-0.3, -0.25) is 14.3 Å². The molecule has 0 aliphatic carbocycles. The van der Waals surface area contributed by atoms with Crippen LogP contribution in [0.4, 0.5) is 0 Å². The Morgan fingerprint density at radius 1 is 1.12 bits per heavy atom.